The van der Waals surface area contributed by atoms with E-state index in [0.717, 1.165) is 43.0 Å². The van der Waals surface area contributed by atoms with Gasteiger partial charge in [0.05, 0.1) is 11.3 Å². The number of hydrogen-bond acceptors (Lipinski definition) is 3. The van der Waals surface area contributed by atoms with Crippen LogP contribution in [0.25, 0.3) is 0 Å². The van der Waals surface area contributed by atoms with E-state index in [0.29, 0.717) is 12.5 Å². The van der Waals surface area contributed by atoms with Crippen LogP contribution in [0.1, 0.15) is 48.9 Å². The fourth-order valence-electron chi connectivity index (χ4n) is 3.22. The van der Waals surface area contributed by atoms with Crippen molar-refractivity contribution < 1.29 is 4.79 Å². The second-order valence-electron chi connectivity index (χ2n) is 6.71. The first-order chi connectivity index (χ1) is 9.84. The van der Waals surface area contributed by atoms with Gasteiger partial charge < -0.3 is 10.6 Å². The molecule has 1 aromatic rings. The van der Waals surface area contributed by atoms with Gasteiger partial charge in [0.15, 0.2) is 0 Å². The fraction of sp³-hybridized carbons (Fsp3) is 0.750. The summed E-state index contributed by atoms with van der Waals surface area (Å²) in [6.45, 7) is 13.4. The lowest BCUT2D eigenvalue weighted by Gasteiger charge is -2.26. The Morgan fingerprint density at radius 3 is 2.67 bits per heavy atom. The molecule has 1 aliphatic heterocycles. The molecule has 5 nitrogen and oxygen atoms in total. The third-order valence-corrected chi connectivity index (χ3v) is 5.02. The van der Waals surface area contributed by atoms with Crippen LogP contribution in [0.4, 0.5) is 0 Å². The Hall–Kier alpha value is -1.36. The molecular formula is C16H28N4O. The maximum Gasteiger partial charge on any atom is 0.257 e. The summed E-state index contributed by atoms with van der Waals surface area (Å²) in [6, 6.07) is 0. The Kier molecular flexibility index (Phi) is 4.42. The van der Waals surface area contributed by atoms with E-state index >= 15 is 0 Å². The summed E-state index contributed by atoms with van der Waals surface area (Å²) >= 11 is 0. The lowest BCUT2D eigenvalue weighted by atomic mass is 9.81. The standard InChI is InChI=1S/C16H28N4O/c1-6-7-20-13(4)14(12(3)18-20)15(21)19-8-11(2)16(5,9-17)10-19/h11H,6-10,17H2,1-5H3/t11-,16-/m1/s1. The van der Waals surface area contributed by atoms with Crippen LogP contribution in [0.3, 0.4) is 0 Å². The molecule has 2 atom stereocenters. The molecule has 1 saturated heterocycles. The lowest BCUT2D eigenvalue weighted by molar-refractivity contribution is 0.0775. The third kappa shape index (κ3) is 2.71. The molecule has 5 heteroatoms. The quantitative estimate of drug-likeness (QED) is 0.922. The van der Waals surface area contributed by atoms with Gasteiger partial charge in [0.2, 0.25) is 0 Å². The van der Waals surface area contributed by atoms with Crippen molar-refractivity contribution in [3.8, 4) is 0 Å². The van der Waals surface area contributed by atoms with Crippen LogP contribution < -0.4 is 5.73 Å². The van der Waals surface area contributed by atoms with Crippen molar-refractivity contribution in [3.05, 3.63) is 17.0 Å². The van der Waals surface area contributed by atoms with E-state index in [2.05, 4.69) is 25.9 Å². The normalized spacial score (nSPS) is 25.6. The van der Waals surface area contributed by atoms with E-state index < -0.39 is 0 Å². The van der Waals surface area contributed by atoms with Gasteiger partial charge in [0.25, 0.3) is 5.91 Å². The summed E-state index contributed by atoms with van der Waals surface area (Å²) in [4.78, 5) is 14.8. The van der Waals surface area contributed by atoms with Gasteiger partial charge in [-0.25, -0.2) is 0 Å². The molecule has 1 aromatic heterocycles. The molecule has 21 heavy (non-hydrogen) atoms. The number of nitrogens with zero attached hydrogens (tertiary/aromatic N) is 3. The number of rotatable bonds is 4. The molecule has 2 N–H and O–H groups in total. The zero-order valence-corrected chi connectivity index (χ0v) is 13.9. The first-order valence-corrected chi connectivity index (χ1v) is 7.87. The summed E-state index contributed by atoms with van der Waals surface area (Å²) in [6.07, 6.45) is 1.02. The Morgan fingerprint density at radius 2 is 2.14 bits per heavy atom. The van der Waals surface area contributed by atoms with Crippen LogP contribution in [0.15, 0.2) is 0 Å². The number of hydrogen-bond donors (Lipinski definition) is 1. The minimum Gasteiger partial charge on any atom is -0.338 e. The van der Waals surface area contributed by atoms with Gasteiger partial charge in [-0.1, -0.05) is 20.8 Å². The smallest absolute Gasteiger partial charge is 0.257 e. The third-order valence-electron chi connectivity index (χ3n) is 5.02. The van der Waals surface area contributed by atoms with Crippen LogP contribution in [0.2, 0.25) is 0 Å². The lowest BCUT2D eigenvalue weighted by Crippen LogP contribution is -2.36. The van der Waals surface area contributed by atoms with Crippen molar-refractivity contribution >= 4 is 5.91 Å². The highest BCUT2D eigenvalue weighted by Crippen LogP contribution is 2.35. The summed E-state index contributed by atoms with van der Waals surface area (Å²) in [5, 5.41) is 4.51. The molecule has 0 spiro atoms. The molecule has 2 heterocycles. The minimum atomic E-state index is 0.0247. The molecule has 0 aliphatic carbocycles. The zero-order valence-electron chi connectivity index (χ0n) is 13.9. The highest BCUT2D eigenvalue weighted by Gasteiger charge is 2.42. The Labute approximate surface area is 127 Å². The Balaban J connectivity index is 2.26. The highest BCUT2D eigenvalue weighted by molar-refractivity contribution is 5.96. The zero-order chi connectivity index (χ0) is 15.8. The molecule has 1 amide bonds. The number of aryl methyl sites for hydroxylation is 2. The maximum atomic E-state index is 12.9. The Bertz CT molecular complexity index is 537. The molecule has 0 aromatic carbocycles. The molecule has 0 unspecified atom stereocenters. The van der Waals surface area contributed by atoms with Gasteiger partial charge in [0, 0.05) is 30.7 Å². The van der Waals surface area contributed by atoms with Crippen molar-refractivity contribution in [2.24, 2.45) is 17.1 Å². The summed E-state index contributed by atoms with van der Waals surface area (Å²) in [7, 11) is 0. The number of amides is 1. The molecular weight excluding hydrogens is 264 g/mol. The van der Waals surface area contributed by atoms with Crippen molar-refractivity contribution in [1.82, 2.24) is 14.7 Å². The van der Waals surface area contributed by atoms with Crippen molar-refractivity contribution in [2.75, 3.05) is 19.6 Å². The van der Waals surface area contributed by atoms with Crippen LogP contribution in [0, 0.1) is 25.2 Å². The van der Waals surface area contributed by atoms with Gasteiger partial charge >= 0.3 is 0 Å². The molecule has 118 valence electrons. The van der Waals surface area contributed by atoms with Crippen LogP contribution in [-0.4, -0.2) is 40.2 Å². The first kappa shape index (κ1) is 16.0. The molecule has 2 rings (SSSR count). The van der Waals surface area contributed by atoms with Gasteiger partial charge in [-0.3, -0.25) is 9.48 Å². The second-order valence-corrected chi connectivity index (χ2v) is 6.71. The van der Waals surface area contributed by atoms with E-state index in [9.17, 15) is 4.79 Å². The predicted octanol–water partition coefficient (Wildman–Crippen LogP) is 1.97. The topological polar surface area (TPSA) is 64.2 Å². The number of carbonyl (C=O) groups is 1. The second kappa shape index (κ2) is 5.79. The highest BCUT2D eigenvalue weighted by atomic mass is 16.2. The van der Waals surface area contributed by atoms with E-state index in [1.54, 1.807) is 0 Å². The van der Waals surface area contributed by atoms with Gasteiger partial charge in [-0.15, -0.1) is 0 Å². The Morgan fingerprint density at radius 1 is 1.48 bits per heavy atom. The number of likely N-dealkylation sites (tertiary alicyclic amines) is 1. The van der Waals surface area contributed by atoms with E-state index in [-0.39, 0.29) is 11.3 Å². The van der Waals surface area contributed by atoms with Crippen molar-refractivity contribution in [3.63, 3.8) is 0 Å². The molecule has 0 saturated carbocycles. The van der Waals surface area contributed by atoms with Gasteiger partial charge in [-0.05, 0) is 32.7 Å². The van der Waals surface area contributed by atoms with E-state index in [1.165, 1.54) is 0 Å². The molecule has 0 radical (unpaired) electrons. The van der Waals surface area contributed by atoms with Crippen LogP contribution in [0.5, 0.6) is 0 Å². The fourth-order valence-corrected chi connectivity index (χ4v) is 3.22. The number of aromatic nitrogens is 2. The van der Waals surface area contributed by atoms with Crippen LogP contribution >= 0.6 is 0 Å². The average molecular weight is 292 g/mol. The minimum absolute atomic E-state index is 0.0247. The largest absolute Gasteiger partial charge is 0.338 e. The summed E-state index contributed by atoms with van der Waals surface area (Å²) in [5.74, 6) is 0.536. The van der Waals surface area contributed by atoms with Crippen molar-refractivity contribution in [2.45, 2.75) is 47.6 Å². The van der Waals surface area contributed by atoms with E-state index in [4.69, 9.17) is 5.73 Å². The van der Waals surface area contributed by atoms with E-state index in [1.807, 2.05) is 23.4 Å². The first-order valence-electron chi connectivity index (χ1n) is 7.87. The molecule has 1 fully saturated rings. The summed E-state index contributed by atoms with van der Waals surface area (Å²) in [5.41, 5.74) is 8.52. The summed E-state index contributed by atoms with van der Waals surface area (Å²) < 4.78 is 1.95. The number of carbonyl (C=O) groups excluding carboxylic acids is 1. The van der Waals surface area contributed by atoms with Gasteiger partial charge in [-0.2, -0.15) is 5.10 Å². The maximum absolute atomic E-state index is 12.9. The monoisotopic (exact) mass is 292 g/mol. The predicted molar refractivity (Wildman–Crippen MR) is 84.2 cm³/mol. The average Bonchev–Trinajstić information content (AvgIpc) is 2.89. The SMILES string of the molecule is CCCn1nc(C)c(C(=O)N2C[C@@H](C)[C@](C)(CN)C2)c1C. The van der Waals surface area contributed by atoms with Gasteiger partial charge in [0.1, 0.15) is 0 Å². The molecule has 0 bridgehead atoms. The van der Waals surface area contributed by atoms with Crippen molar-refractivity contribution in [1.29, 1.82) is 0 Å². The number of nitrogens with two attached hydrogens (primary N) is 1. The van der Waals surface area contributed by atoms with Crippen LogP contribution in [-0.2, 0) is 6.54 Å². The molecule has 1 aliphatic rings.